The predicted octanol–water partition coefficient (Wildman–Crippen LogP) is 2.71. The van der Waals surface area contributed by atoms with Crippen molar-refractivity contribution < 1.29 is 0 Å². The molecule has 0 saturated heterocycles. The summed E-state index contributed by atoms with van der Waals surface area (Å²) in [4.78, 5) is 7.45. The normalized spacial score (nSPS) is 20.9. The van der Waals surface area contributed by atoms with Crippen LogP contribution < -0.4 is 0 Å². The number of benzene rings is 1. The third-order valence-electron chi connectivity index (χ3n) is 4.53. The highest BCUT2D eigenvalue weighted by atomic mass is 15.3. The highest BCUT2D eigenvalue weighted by Crippen LogP contribution is 2.29. The van der Waals surface area contributed by atoms with Gasteiger partial charge in [0.1, 0.15) is 5.82 Å². The summed E-state index contributed by atoms with van der Waals surface area (Å²) in [5, 5.41) is 0. The Balaban J connectivity index is 1.73. The van der Waals surface area contributed by atoms with Gasteiger partial charge >= 0.3 is 0 Å². The van der Waals surface area contributed by atoms with E-state index in [1.807, 2.05) is 0 Å². The molecule has 1 aliphatic heterocycles. The molecule has 0 spiro atoms. The minimum Gasteiger partial charge on any atom is -0.326 e. The molecule has 1 fully saturated rings. The molecule has 0 N–H and O–H groups in total. The van der Waals surface area contributed by atoms with Gasteiger partial charge in [0, 0.05) is 19.1 Å². The van der Waals surface area contributed by atoms with E-state index >= 15 is 0 Å². The first-order valence-electron chi connectivity index (χ1n) is 7.01. The molecule has 3 heteroatoms. The van der Waals surface area contributed by atoms with Gasteiger partial charge in [-0.25, -0.2) is 4.98 Å². The Hall–Kier alpha value is -1.35. The molecule has 3 nitrogen and oxygen atoms in total. The monoisotopic (exact) mass is 241 g/mol. The Kier molecular flexibility index (Phi) is 2.24. The Bertz CT molecular complexity index is 595. The van der Waals surface area contributed by atoms with Gasteiger partial charge in [0.25, 0.3) is 0 Å². The first kappa shape index (κ1) is 10.6. The molecule has 1 aromatic heterocycles. The number of rotatable bonds is 1. The van der Waals surface area contributed by atoms with E-state index in [1.54, 1.807) is 0 Å². The molecule has 2 aromatic rings. The van der Waals surface area contributed by atoms with Crippen molar-refractivity contribution in [3.63, 3.8) is 0 Å². The summed E-state index contributed by atoms with van der Waals surface area (Å²) in [7, 11) is 0. The summed E-state index contributed by atoms with van der Waals surface area (Å²) in [6.45, 7) is 5.47. The number of aromatic nitrogens is 2. The van der Waals surface area contributed by atoms with Crippen LogP contribution >= 0.6 is 0 Å². The fourth-order valence-electron chi connectivity index (χ4n) is 3.21. The van der Waals surface area contributed by atoms with Crippen LogP contribution in [0.1, 0.15) is 30.7 Å². The minimum absolute atomic E-state index is 0.834. The highest BCUT2D eigenvalue weighted by Gasteiger charge is 2.29. The van der Waals surface area contributed by atoms with Gasteiger partial charge in [-0.2, -0.15) is 0 Å². The van der Waals surface area contributed by atoms with Crippen molar-refractivity contribution in [2.75, 3.05) is 6.54 Å². The number of hydrogen-bond donors (Lipinski definition) is 0. The van der Waals surface area contributed by atoms with Crippen molar-refractivity contribution in [2.24, 2.45) is 0 Å². The zero-order valence-electron chi connectivity index (χ0n) is 10.9. The maximum atomic E-state index is 4.83. The van der Waals surface area contributed by atoms with Gasteiger partial charge in [-0.1, -0.05) is 12.5 Å². The molecule has 0 amide bonds. The topological polar surface area (TPSA) is 21.1 Å². The van der Waals surface area contributed by atoms with Gasteiger partial charge < -0.3 is 4.57 Å². The van der Waals surface area contributed by atoms with E-state index in [9.17, 15) is 0 Å². The quantitative estimate of drug-likeness (QED) is 0.765. The molecule has 2 heterocycles. The summed E-state index contributed by atoms with van der Waals surface area (Å²) in [6.07, 6.45) is 4.19. The first-order valence-corrected chi connectivity index (χ1v) is 7.01. The fourth-order valence-corrected chi connectivity index (χ4v) is 3.21. The number of hydrogen-bond acceptors (Lipinski definition) is 2. The van der Waals surface area contributed by atoms with Crippen LogP contribution in [0.15, 0.2) is 18.2 Å². The average molecular weight is 241 g/mol. The molecular weight excluding hydrogens is 222 g/mol. The third kappa shape index (κ3) is 1.50. The van der Waals surface area contributed by atoms with Crippen LogP contribution in [0, 0.1) is 6.92 Å². The lowest BCUT2D eigenvalue weighted by Crippen LogP contribution is -2.44. The zero-order valence-corrected chi connectivity index (χ0v) is 10.9. The van der Waals surface area contributed by atoms with Gasteiger partial charge in [-0.3, -0.25) is 4.90 Å². The van der Waals surface area contributed by atoms with Crippen LogP contribution in [0.5, 0.6) is 0 Å². The van der Waals surface area contributed by atoms with Crippen LogP contribution in [0.2, 0.25) is 0 Å². The molecule has 1 aliphatic carbocycles. The van der Waals surface area contributed by atoms with E-state index in [2.05, 4.69) is 34.6 Å². The number of nitrogens with zero attached hydrogens (tertiary/aromatic N) is 3. The maximum Gasteiger partial charge on any atom is 0.124 e. The molecule has 94 valence electrons. The highest BCUT2D eigenvalue weighted by molar-refractivity contribution is 5.77. The van der Waals surface area contributed by atoms with Crippen molar-refractivity contribution in [3.8, 4) is 0 Å². The van der Waals surface area contributed by atoms with Gasteiger partial charge in [0.15, 0.2) is 0 Å². The van der Waals surface area contributed by atoms with Crippen molar-refractivity contribution >= 4 is 11.0 Å². The Labute approximate surface area is 107 Å². The van der Waals surface area contributed by atoms with Crippen molar-refractivity contribution in [1.82, 2.24) is 14.5 Å². The number of fused-ring (bicyclic) bond motifs is 3. The van der Waals surface area contributed by atoms with Gasteiger partial charge in [-0.15, -0.1) is 0 Å². The largest absolute Gasteiger partial charge is 0.326 e. The molecule has 2 aliphatic rings. The number of imidazole rings is 1. The van der Waals surface area contributed by atoms with E-state index in [4.69, 9.17) is 4.98 Å². The van der Waals surface area contributed by atoms with Crippen molar-refractivity contribution in [3.05, 3.63) is 29.6 Å². The molecule has 18 heavy (non-hydrogen) atoms. The van der Waals surface area contributed by atoms with Crippen molar-refractivity contribution in [2.45, 2.75) is 45.3 Å². The van der Waals surface area contributed by atoms with Crippen LogP contribution in [0.25, 0.3) is 11.0 Å². The Morgan fingerprint density at radius 2 is 2.11 bits per heavy atom. The Morgan fingerprint density at radius 1 is 1.22 bits per heavy atom. The molecule has 0 atom stereocenters. The second-order valence-corrected chi connectivity index (χ2v) is 5.73. The average Bonchev–Trinajstić information content (AvgIpc) is 2.62. The third-order valence-corrected chi connectivity index (χ3v) is 4.53. The van der Waals surface area contributed by atoms with Crippen molar-refractivity contribution in [1.29, 1.82) is 0 Å². The summed E-state index contributed by atoms with van der Waals surface area (Å²) in [5.41, 5.74) is 3.78. The fraction of sp³-hybridized carbons (Fsp3) is 0.533. The molecular formula is C15H19N3. The molecule has 4 rings (SSSR count). The Morgan fingerprint density at radius 3 is 2.89 bits per heavy atom. The second kappa shape index (κ2) is 3.82. The smallest absolute Gasteiger partial charge is 0.124 e. The molecule has 1 aromatic carbocycles. The summed E-state index contributed by atoms with van der Waals surface area (Å²) in [6, 6.07) is 7.45. The summed E-state index contributed by atoms with van der Waals surface area (Å²) < 4.78 is 2.41. The van der Waals surface area contributed by atoms with E-state index < -0.39 is 0 Å². The van der Waals surface area contributed by atoms with Crippen LogP contribution in [0.3, 0.4) is 0 Å². The second-order valence-electron chi connectivity index (χ2n) is 5.73. The summed E-state index contributed by atoms with van der Waals surface area (Å²) >= 11 is 0. The zero-order chi connectivity index (χ0) is 12.1. The van der Waals surface area contributed by atoms with E-state index in [-0.39, 0.29) is 0 Å². The predicted molar refractivity (Wildman–Crippen MR) is 72.5 cm³/mol. The molecule has 0 bridgehead atoms. The van der Waals surface area contributed by atoms with E-state index in [0.717, 1.165) is 19.1 Å². The van der Waals surface area contributed by atoms with E-state index in [1.165, 1.54) is 48.2 Å². The van der Waals surface area contributed by atoms with Gasteiger partial charge in [0.2, 0.25) is 0 Å². The van der Waals surface area contributed by atoms with Crippen LogP contribution in [0.4, 0.5) is 0 Å². The number of aryl methyl sites for hydroxylation is 1. The molecule has 1 saturated carbocycles. The van der Waals surface area contributed by atoms with Gasteiger partial charge in [0.05, 0.1) is 17.6 Å². The minimum atomic E-state index is 0.834. The van der Waals surface area contributed by atoms with Crippen LogP contribution in [-0.2, 0) is 13.1 Å². The first-order chi connectivity index (χ1) is 8.81. The lowest BCUT2D eigenvalue weighted by molar-refractivity contribution is 0.0966. The molecule has 0 unspecified atom stereocenters. The summed E-state index contributed by atoms with van der Waals surface area (Å²) in [5.74, 6) is 1.26. The van der Waals surface area contributed by atoms with Gasteiger partial charge in [-0.05, 0) is 37.5 Å². The van der Waals surface area contributed by atoms with Crippen LogP contribution in [-0.4, -0.2) is 27.0 Å². The van der Waals surface area contributed by atoms with E-state index in [0.29, 0.717) is 0 Å². The standard InChI is InChI=1S/C15H19N3/c1-11-5-6-14-13(9-11)16-15-10-17(7-8-18(14)15)12-3-2-4-12/h5-6,9,12H,2-4,7-8,10H2,1H3. The SMILES string of the molecule is Cc1ccc2c(c1)nc1n2CCN(C2CCC2)C1. The lowest BCUT2D eigenvalue weighted by atomic mass is 9.91. The lowest BCUT2D eigenvalue weighted by Gasteiger charge is -2.39. The molecule has 0 radical (unpaired) electrons. The maximum absolute atomic E-state index is 4.83.